The average molecular weight is 264 g/mol. The van der Waals surface area contributed by atoms with Gasteiger partial charge >= 0.3 is 0 Å². The molecule has 0 aromatic carbocycles. The lowest BCUT2D eigenvalue weighted by Crippen LogP contribution is -2.22. The third-order valence-electron chi connectivity index (χ3n) is 3.43. The van der Waals surface area contributed by atoms with Crippen LogP contribution in [0.4, 0.5) is 0 Å². The first kappa shape index (κ1) is 14.3. The van der Waals surface area contributed by atoms with Gasteiger partial charge in [0.25, 0.3) is 0 Å². The highest BCUT2D eigenvalue weighted by atomic mass is 16.5. The minimum Gasteiger partial charge on any atom is -0.472 e. The first-order chi connectivity index (χ1) is 9.24. The van der Waals surface area contributed by atoms with E-state index in [1.165, 1.54) is 24.1 Å². The molecule has 19 heavy (non-hydrogen) atoms. The predicted octanol–water partition coefficient (Wildman–Crippen LogP) is 2.22. The van der Waals surface area contributed by atoms with Crippen LogP contribution in [0.25, 0.3) is 0 Å². The normalized spacial score (nSPS) is 15.9. The minimum absolute atomic E-state index is 0.000564. The summed E-state index contributed by atoms with van der Waals surface area (Å²) < 4.78 is 11.3. The summed E-state index contributed by atoms with van der Waals surface area (Å²) >= 11 is 0. The summed E-state index contributed by atoms with van der Waals surface area (Å²) in [6.45, 7) is 5.73. The molecule has 0 spiro atoms. The van der Waals surface area contributed by atoms with Crippen LogP contribution in [-0.2, 0) is 24.1 Å². The Balaban J connectivity index is 2.14. The zero-order valence-corrected chi connectivity index (χ0v) is 11.9. The number of ether oxygens (including phenoxy) is 2. The number of fused-ring (bicyclic) bond motifs is 1. The van der Waals surface area contributed by atoms with Gasteiger partial charge in [0.15, 0.2) is 0 Å². The van der Waals surface area contributed by atoms with Crippen molar-refractivity contribution in [3.63, 3.8) is 0 Å². The van der Waals surface area contributed by atoms with E-state index in [0.29, 0.717) is 25.6 Å². The van der Waals surface area contributed by atoms with Gasteiger partial charge in [-0.25, -0.2) is 4.98 Å². The maximum atomic E-state index is 5.89. The Labute approximate surface area is 115 Å². The van der Waals surface area contributed by atoms with Crippen LogP contribution in [0.3, 0.4) is 0 Å². The largest absolute Gasteiger partial charge is 0.472 e. The van der Waals surface area contributed by atoms with Crippen LogP contribution in [0.1, 0.15) is 43.5 Å². The molecule has 0 amide bonds. The molecule has 4 nitrogen and oxygen atoms in total. The highest BCUT2D eigenvalue weighted by Gasteiger charge is 2.16. The molecule has 2 N–H and O–H groups in total. The molecule has 4 heteroatoms. The maximum absolute atomic E-state index is 5.89. The molecule has 1 aliphatic carbocycles. The fourth-order valence-corrected chi connectivity index (χ4v) is 2.42. The van der Waals surface area contributed by atoms with E-state index in [2.05, 4.69) is 11.1 Å². The second-order valence-corrected chi connectivity index (χ2v) is 5.06. The predicted molar refractivity (Wildman–Crippen MR) is 75.4 cm³/mol. The van der Waals surface area contributed by atoms with Gasteiger partial charge in [0.05, 0.1) is 6.61 Å². The smallest absolute Gasteiger partial charge is 0.218 e. The van der Waals surface area contributed by atoms with Crippen LogP contribution < -0.4 is 10.5 Å². The van der Waals surface area contributed by atoms with Gasteiger partial charge in [-0.05, 0) is 51.2 Å². The Morgan fingerprint density at radius 2 is 2.16 bits per heavy atom. The molecule has 0 saturated heterocycles. The van der Waals surface area contributed by atoms with Crippen molar-refractivity contribution in [1.29, 1.82) is 0 Å². The molecule has 1 unspecified atom stereocenters. The highest BCUT2D eigenvalue weighted by Crippen LogP contribution is 2.26. The molecule has 1 aliphatic rings. The summed E-state index contributed by atoms with van der Waals surface area (Å²) in [5.41, 5.74) is 9.34. The Hall–Kier alpha value is -1.13. The molecule has 0 aliphatic heterocycles. The lowest BCUT2D eigenvalue weighted by atomic mass is 9.95. The first-order valence-electron chi connectivity index (χ1n) is 7.20. The lowest BCUT2D eigenvalue weighted by molar-refractivity contribution is 0.0626. The van der Waals surface area contributed by atoms with Crippen LogP contribution in [0.2, 0.25) is 0 Å². The summed E-state index contributed by atoms with van der Waals surface area (Å²) in [5, 5.41) is 0. The molecule has 1 aromatic rings. The number of nitrogens with two attached hydrogens (primary N) is 1. The van der Waals surface area contributed by atoms with Crippen molar-refractivity contribution in [3.05, 3.63) is 22.9 Å². The fraction of sp³-hybridized carbons (Fsp3) is 0.667. The monoisotopic (exact) mass is 264 g/mol. The molecule has 0 bridgehead atoms. The molecule has 1 atom stereocenters. The molecule has 0 radical (unpaired) electrons. The van der Waals surface area contributed by atoms with E-state index in [1.54, 1.807) is 0 Å². The number of nitrogens with zero attached hydrogens (tertiary/aromatic N) is 1. The maximum Gasteiger partial charge on any atom is 0.218 e. The molecule has 106 valence electrons. The Morgan fingerprint density at radius 3 is 2.89 bits per heavy atom. The zero-order valence-electron chi connectivity index (χ0n) is 11.9. The first-order valence-corrected chi connectivity index (χ1v) is 7.20. The second kappa shape index (κ2) is 6.87. The van der Waals surface area contributed by atoms with Crippen molar-refractivity contribution in [1.82, 2.24) is 4.98 Å². The third-order valence-corrected chi connectivity index (χ3v) is 3.43. The van der Waals surface area contributed by atoms with Gasteiger partial charge in [-0.2, -0.15) is 0 Å². The van der Waals surface area contributed by atoms with Crippen LogP contribution in [0, 0.1) is 0 Å². The Kier molecular flexibility index (Phi) is 5.16. The van der Waals surface area contributed by atoms with Crippen LogP contribution >= 0.6 is 0 Å². The summed E-state index contributed by atoms with van der Waals surface area (Å²) in [6, 6.07) is 2.17. The van der Waals surface area contributed by atoms with Gasteiger partial charge in [0, 0.05) is 24.4 Å². The molecule has 2 rings (SSSR count). The number of hydrogen-bond acceptors (Lipinski definition) is 4. The van der Waals surface area contributed by atoms with Crippen molar-refractivity contribution in [2.24, 2.45) is 5.73 Å². The van der Waals surface area contributed by atoms with E-state index in [4.69, 9.17) is 15.2 Å². The highest BCUT2D eigenvalue weighted by molar-refractivity contribution is 5.35. The summed E-state index contributed by atoms with van der Waals surface area (Å²) in [6.07, 6.45) is 4.63. The fourth-order valence-electron chi connectivity index (χ4n) is 2.42. The lowest BCUT2D eigenvalue weighted by Gasteiger charge is -2.20. The second-order valence-electron chi connectivity index (χ2n) is 5.06. The summed E-state index contributed by atoms with van der Waals surface area (Å²) in [4.78, 5) is 4.67. The Morgan fingerprint density at radius 1 is 1.37 bits per heavy atom. The van der Waals surface area contributed by atoms with Crippen molar-refractivity contribution in [2.75, 3.05) is 13.2 Å². The molecular formula is C15H24N2O2. The summed E-state index contributed by atoms with van der Waals surface area (Å²) in [7, 11) is 0. The van der Waals surface area contributed by atoms with E-state index in [0.717, 1.165) is 18.4 Å². The molecule has 0 fully saturated rings. The molecular weight excluding hydrogens is 240 g/mol. The van der Waals surface area contributed by atoms with E-state index in [-0.39, 0.29) is 6.10 Å². The van der Waals surface area contributed by atoms with Gasteiger partial charge in [0.2, 0.25) is 5.88 Å². The third kappa shape index (κ3) is 3.67. The van der Waals surface area contributed by atoms with Crippen molar-refractivity contribution in [3.8, 4) is 5.88 Å². The number of hydrogen-bond donors (Lipinski definition) is 1. The Bertz CT molecular complexity index is 421. The standard InChI is InChI=1S/C15H24N2O2/c1-3-18-10-11(2)19-15-13(9-16)8-12-6-4-5-7-14(12)17-15/h8,11H,3-7,9-10,16H2,1-2H3. The number of aromatic nitrogens is 1. The van der Waals surface area contributed by atoms with E-state index < -0.39 is 0 Å². The van der Waals surface area contributed by atoms with Crippen LogP contribution in [0.15, 0.2) is 6.07 Å². The van der Waals surface area contributed by atoms with Crippen molar-refractivity contribution >= 4 is 0 Å². The average Bonchev–Trinajstić information content (AvgIpc) is 2.44. The van der Waals surface area contributed by atoms with Crippen molar-refractivity contribution in [2.45, 2.75) is 52.2 Å². The van der Waals surface area contributed by atoms with Gasteiger partial charge in [-0.1, -0.05) is 0 Å². The van der Waals surface area contributed by atoms with Gasteiger partial charge in [0.1, 0.15) is 6.10 Å². The molecule has 1 aromatic heterocycles. The van der Waals surface area contributed by atoms with Gasteiger partial charge < -0.3 is 15.2 Å². The van der Waals surface area contributed by atoms with E-state index >= 15 is 0 Å². The van der Waals surface area contributed by atoms with Crippen LogP contribution in [-0.4, -0.2) is 24.3 Å². The zero-order chi connectivity index (χ0) is 13.7. The van der Waals surface area contributed by atoms with Gasteiger partial charge in [-0.15, -0.1) is 0 Å². The van der Waals surface area contributed by atoms with Crippen molar-refractivity contribution < 1.29 is 9.47 Å². The SMILES string of the molecule is CCOCC(C)Oc1nc2c(cc1CN)CCCC2. The van der Waals surface area contributed by atoms with Crippen LogP contribution in [0.5, 0.6) is 5.88 Å². The molecule has 0 saturated carbocycles. The quantitative estimate of drug-likeness (QED) is 0.856. The summed E-state index contributed by atoms with van der Waals surface area (Å²) in [5.74, 6) is 0.690. The molecule has 1 heterocycles. The van der Waals surface area contributed by atoms with E-state index in [1.807, 2.05) is 13.8 Å². The number of rotatable bonds is 6. The minimum atomic E-state index is -0.000564. The van der Waals surface area contributed by atoms with E-state index in [9.17, 15) is 0 Å². The number of aryl methyl sites for hydroxylation is 2. The number of pyridine rings is 1. The topological polar surface area (TPSA) is 57.4 Å². The van der Waals surface area contributed by atoms with Gasteiger partial charge in [-0.3, -0.25) is 0 Å².